The van der Waals surface area contributed by atoms with Gasteiger partial charge >= 0.3 is 0 Å². The number of nitrogens with two attached hydrogens (primary N) is 1. The Balaban J connectivity index is 2.50. The molecule has 106 valence electrons. The predicted octanol–water partition coefficient (Wildman–Crippen LogP) is 3.62. The summed E-state index contributed by atoms with van der Waals surface area (Å²) in [6.45, 7) is 0.590. The number of ether oxygens (including phenoxy) is 1. The van der Waals surface area contributed by atoms with Gasteiger partial charge in [0.05, 0.1) is 23.5 Å². The zero-order chi connectivity index (χ0) is 14.5. The molecule has 0 aliphatic heterocycles. The third-order valence-corrected chi connectivity index (χ3v) is 3.57. The van der Waals surface area contributed by atoms with E-state index in [0.29, 0.717) is 11.6 Å². The van der Waals surface area contributed by atoms with Gasteiger partial charge in [-0.05, 0) is 36.7 Å². The van der Waals surface area contributed by atoms with Crippen LogP contribution in [0, 0.1) is 0 Å². The third-order valence-electron chi connectivity index (χ3n) is 3.27. The van der Waals surface area contributed by atoms with E-state index < -0.39 is 0 Å². The van der Waals surface area contributed by atoms with Gasteiger partial charge in [0, 0.05) is 7.05 Å². The van der Waals surface area contributed by atoms with E-state index in [0.717, 1.165) is 29.1 Å². The Hall–Kier alpha value is -1.71. The molecular formula is C16H19ClN2O. The number of methoxy groups -OCH3 is 1. The SMILES string of the molecule is COc1ccccc1N(C)c1c(Cl)cccc1CCN. The summed E-state index contributed by atoms with van der Waals surface area (Å²) in [4.78, 5) is 2.05. The van der Waals surface area contributed by atoms with Crippen molar-refractivity contribution in [3.05, 3.63) is 53.1 Å². The van der Waals surface area contributed by atoms with Gasteiger partial charge in [-0.2, -0.15) is 0 Å². The molecule has 0 spiro atoms. The molecule has 0 fully saturated rings. The van der Waals surface area contributed by atoms with Crippen LogP contribution in [-0.4, -0.2) is 20.7 Å². The van der Waals surface area contributed by atoms with Crippen molar-refractivity contribution in [3.8, 4) is 5.75 Å². The van der Waals surface area contributed by atoms with Crippen LogP contribution in [0.5, 0.6) is 5.75 Å². The maximum atomic E-state index is 6.38. The molecule has 0 amide bonds. The fraction of sp³-hybridized carbons (Fsp3) is 0.250. The molecule has 2 N–H and O–H groups in total. The predicted molar refractivity (Wildman–Crippen MR) is 85.3 cm³/mol. The van der Waals surface area contributed by atoms with E-state index in [9.17, 15) is 0 Å². The first-order valence-corrected chi connectivity index (χ1v) is 6.91. The average Bonchev–Trinajstić information content (AvgIpc) is 2.47. The first-order chi connectivity index (χ1) is 9.69. The summed E-state index contributed by atoms with van der Waals surface area (Å²) in [6, 6.07) is 13.8. The third kappa shape index (κ3) is 2.89. The van der Waals surface area contributed by atoms with Gasteiger partial charge in [-0.1, -0.05) is 35.9 Å². The molecule has 0 aliphatic carbocycles. The molecule has 0 aliphatic rings. The lowest BCUT2D eigenvalue weighted by Gasteiger charge is -2.25. The lowest BCUT2D eigenvalue weighted by Crippen LogP contribution is -2.15. The van der Waals surface area contributed by atoms with Crippen molar-refractivity contribution in [2.45, 2.75) is 6.42 Å². The van der Waals surface area contributed by atoms with Crippen molar-refractivity contribution in [1.29, 1.82) is 0 Å². The second kappa shape index (κ2) is 6.64. The number of para-hydroxylation sites is 3. The molecule has 0 radical (unpaired) electrons. The molecule has 2 aromatic rings. The summed E-state index contributed by atoms with van der Waals surface area (Å²) < 4.78 is 5.42. The second-order valence-electron chi connectivity index (χ2n) is 4.52. The van der Waals surface area contributed by atoms with Crippen LogP contribution in [0.25, 0.3) is 0 Å². The van der Waals surface area contributed by atoms with Crippen LogP contribution >= 0.6 is 11.6 Å². The molecule has 20 heavy (non-hydrogen) atoms. The van der Waals surface area contributed by atoms with E-state index >= 15 is 0 Å². The highest BCUT2D eigenvalue weighted by molar-refractivity contribution is 6.33. The van der Waals surface area contributed by atoms with Gasteiger partial charge in [-0.15, -0.1) is 0 Å². The Morgan fingerprint density at radius 2 is 1.90 bits per heavy atom. The molecule has 3 nitrogen and oxygen atoms in total. The quantitative estimate of drug-likeness (QED) is 0.914. The van der Waals surface area contributed by atoms with E-state index in [2.05, 4.69) is 6.07 Å². The number of hydrogen-bond donors (Lipinski definition) is 1. The van der Waals surface area contributed by atoms with Crippen molar-refractivity contribution in [2.75, 3.05) is 25.6 Å². The Morgan fingerprint density at radius 1 is 1.15 bits per heavy atom. The van der Waals surface area contributed by atoms with E-state index in [-0.39, 0.29) is 0 Å². The molecule has 4 heteroatoms. The van der Waals surface area contributed by atoms with Crippen LogP contribution in [0.2, 0.25) is 5.02 Å². The minimum Gasteiger partial charge on any atom is -0.495 e. The summed E-state index contributed by atoms with van der Waals surface area (Å²) in [6.07, 6.45) is 0.787. The molecule has 0 bridgehead atoms. The number of benzene rings is 2. The number of hydrogen-bond acceptors (Lipinski definition) is 3. The minimum atomic E-state index is 0.590. The lowest BCUT2D eigenvalue weighted by atomic mass is 10.1. The number of halogens is 1. The van der Waals surface area contributed by atoms with Gasteiger partial charge in [0.25, 0.3) is 0 Å². The van der Waals surface area contributed by atoms with E-state index in [1.54, 1.807) is 7.11 Å². The van der Waals surface area contributed by atoms with Crippen LogP contribution in [0.1, 0.15) is 5.56 Å². The van der Waals surface area contributed by atoms with E-state index in [1.807, 2.05) is 48.3 Å². The standard InChI is InChI=1S/C16H19ClN2O/c1-19(14-8-3-4-9-15(14)20-2)16-12(10-11-18)6-5-7-13(16)17/h3-9H,10-11,18H2,1-2H3. The highest BCUT2D eigenvalue weighted by Gasteiger charge is 2.15. The van der Waals surface area contributed by atoms with Gasteiger partial charge in [-0.25, -0.2) is 0 Å². The maximum absolute atomic E-state index is 6.38. The molecule has 0 saturated heterocycles. The minimum absolute atomic E-state index is 0.590. The molecule has 0 aromatic heterocycles. The lowest BCUT2D eigenvalue weighted by molar-refractivity contribution is 0.415. The fourth-order valence-corrected chi connectivity index (χ4v) is 2.64. The number of nitrogens with zero attached hydrogens (tertiary/aromatic N) is 1. The molecular weight excluding hydrogens is 272 g/mol. The summed E-state index contributed by atoms with van der Waals surface area (Å²) in [5.41, 5.74) is 8.77. The Labute approximate surface area is 124 Å². The van der Waals surface area contributed by atoms with Gasteiger partial charge in [0.2, 0.25) is 0 Å². The average molecular weight is 291 g/mol. The highest BCUT2D eigenvalue weighted by atomic mass is 35.5. The van der Waals surface area contributed by atoms with Crippen LogP contribution in [0.3, 0.4) is 0 Å². The summed E-state index contributed by atoms with van der Waals surface area (Å²) in [5.74, 6) is 0.814. The fourth-order valence-electron chi connectivity index (χ4n) is 2.32. The van der Waals surface area contributed by atoms with Gasteiger partial charge in [0.15, 0.2) is 0 Å². The topological polar surface area (TPSA) is 38.5 Å². The smallest absolute Gasteiger partial charge is 0.142 e. The molecule has 0 unspecified atom stereocenters. The van der Waals surface area contributed by atoms with Crippen molar-refractivity contribution < 1.29 is 4.74 Å². The summed E-state index contributed by atoms with van der Waals surface area (Å²) in [5, 5.41) is 0.712. The molecule has 0 heterocycles. The number of rotatable bonds is 5. The highest BCUT2D eigenvalue weighted by Crippen LogP contribution is 2.38. The van der Waals surface area contributed by atoms with Crippen LogP contribution in [-0.2, 0) is 6.42 Å². The van der Waals surface area contributed by atoms with Crippen LogP contribution in [0.15, 0.2) is 42.5 Å². The molecule has 2 aromatic carbocycles. The van der Waals surface area contributed by atoms with Gasteiger partial charge in [0.1, 0.15) is 5.75 Å². The normalized spacial score (nSPS) is 10.4. The molecule has 0 saturated carbocycles. The molecule has 2 rings (SSSR count). The van der Waals surface area contributed by atoms with E-state index in [1.165, 1.54) is 0 Å². The zero-order valence-corrected chi connectivity index (χ0v) is 12.5. The van der Waals surface area contributed by atoms with Crippen molar-refractivity contribution >= 4 is 23.0 Å². The largest absolute Gasteiger partial charge is 0.495 e. The van der Waals surface area contributed by atoms with Crippen molar-refractivity contribution in [1.82, 2.24) is 0 Å². The Bertz CT molecular complexity index is 586. The summed E-state index contributed by atoms with van der Waals surface area (Å²) in [7, 11) is 3.65. The van der Waals surface area contributed by atoms with Crippen molar-refractivity contribution in [2.24, 2.45) is 5.73 Å². The van der Waals surface area contributed by atoms with Gasteiger partial charge < -0.3 is 15.4 Å². The molecule has 0 atom stereocenters. The van der Waals surface area contributed by atoms with Crippen molar-refractivity contribution in [3.63, 3.8) is 0 Å². The second-order valence-corrected chi connectivity index (χ2v) is 4.92. The van der Waals surface area contributed by atoms with Crippen LogP contribution in [0.4, 0.5) is 11.4 Å². The Morgan fingerprint density at radius 3 is 2.60 bits per heavy atom. The summed E-state index contributed by atoms with van der Waals surface area (Å²) >= 11 is 6.38. The van der Waals surface area contributed by atoms with E-state index in [4.69, 9.17) is 22.1 Å². The number of anilines is 2. The van der Waals surface area contributed by atoms with Gasteiger partial charge in [-0.3, -0.25) is 0 Å². The first-order valence-electron chi connectivity index (χ1n) is 6.53. The first kappa shape index (κ1) is 14.7. The van der Waals surface area contributed by atoms with Crippen LogP contribution < -0.4 is 15.4 Å². The zero-order valence-electron chi connectivity index (χ0n) is 11.8. The Kier molecular flexibility index (Phi) is 4.88. The monoisotopic (exact) mass is 290 g/mol. The maximum Gasteiger partial charge on any atom is 0.142 e.